The van der Waals surface area contributed by atoms with Crippen molar-refractivity contribution in [2.45, 2.75) is 17.2 Å². The fourth-order valence-electron chi connectivity index (χ4n) is 2.51. The molecule has 1 aromatic heterocycles. The van der Waals surface area contributed by atoms with Crippen LogP contribution in [0.25, 0.3) is 5.69 Å². The van der Waals surface area contributed by atoms with E-state index in [1.54, 1.807) is 37.3 Å². The van der Waals surface area contributed by atoms with Gasteiger partial charge in [-0.15, -0.1) is 0 Å². The molecular weight excluding hydrogens is 370 g/mol. The molecule has 1 aliphatic rings. The van der Waals surface area contributed by atoms with Gasteiger partial charge in [-0.25, -0.2) is 0 Å². The number of carbonyl (C=O) groups excluding carboxylic acids is 1. The van der Waals surface area contributed by atoms with E-state index in [1.165, 1.54) is 4.68 Å². The summed E-state index contributed by atoms with van der Waals surface area (Å²) in [6.45, 7) is 1.87. The molecule has 27 heavy (non-hydrogen) atoms. The fraction of sp³-hybridized carbons (Fsp3) is 0.167. The molecule has 0 saturated heterocycles. The van der Waals surface area contributed by atoms with Crippen molar-refractivity contribution in [1.29, 1.82) is 0 Å². The van der Waals surface area contributed by atoms with Crippen molar-refractivity contribution in [2.75, 3.05) is 12.1 Å². The summed E-state index contributed by atoms with van der Waals surface area (Å²) in [6.07, 6.45) is 0. The van der Waals surface area contributed by atoms with Crippen LogP contribution in [0.4, 0.5) is 5.69 Å². The fourth-order valence-corrected chi connectivity index (χ4v) is 3.38. The number of ether oxygens (including phenoxy) is 2. The monoisotopic (exact) mass is 385 g/mol. The van der Waals surface area contributed by atoms with E-state index in [4.69, 9.17) is 14.0 Å². The van der Waals surface area contributed by atoms with E-state index in [9.17, 15) is 9.90 Å². The van der Waals surface area contributed by atoms with Crippen LogP contribution in [0.3, 0.4) is 0 Å². The third-order valence-electron chi connectivity index (χ3n) is 3.87. The summed E-state index contributed by atoms with van der Waals surface area (Å²) < 4.78 is 16.7. The molecule has 1 amide bonds. The number of benzene rings is 2. The molecule has 1 aliphatic heterocycles. The minimum atomic E-state index is -0.591. The highest BCUT2D eigenvalue weighted by Gasteiger charge is 2.26. The lowest BCUT2D eigenvalue weighted by Gasteiger charge is -2.10. The van der Waals surface area contributed by atoms with Crippen LogP contribution < -0.4 is 24.6 Å². The Balaban J connectivity index is 1.48. The van der Waals surface area contributed by atoms with E-state index in [-0.39, 0.29) is 17.7 Å². The third-order valence-corrected chi connectivity index (χ3v) is 5.00. The molecule has 138 valence electrons. The van der Waals surface area contributed by atoms with Crippen molar-refractivity contribution < 1.29 is 28.6 Å². The summed E-state index contributed by atoms with van der Waals surface area (Å²) in [5.41, 5.74) is 1.26. The predicted molar refractivity (Wildman–Crippen MR) is 94.0 cm³/mol. The van der Waals surface area contributed by atoms with E-state index in [2.05, 4.69) is 10.6 Å². The van der Waals surface area contributed by atoms with E-state index >= 15 is 0 Å². The molecule has 2 heterocycles. The van der Waals surface area contributed by atoms with E-state index < -0.39 is 11.2 Å². The van der Waals surface area contributed by atoms with Crippen molar-refractivity contribution in [3.05, 3.63) is 48.5 Å². The maximum absolute atomic E-state index is 12.5. The summed E-state index contributed by atoms with van der Waals surface area (Å²) in [4.78, 5) is 12.5. The van der Waals surface area contributed by atoms with Gasteiger partial charge in [0.1, 0.15) is 0 Å². The Hall–Kier alpha value is -3.20. The van der Waals surface area contributed by atoms with Crippen LogP contribution >= 0.6 is 11.8 Å². The van der Waals surface area contributed by atoms with Gasteiger partial charge in [-0.05, 0) is 35.5 Å². The Bertz CT molecular complexity index is 976. The number of rotatable bonds is 5. The first kappa shape index (κ1) is 17.2. The van der Waals surface area contributed by atoms with Gasteiger partial charge in [-0.3, -0.25) is 4.79 Å². The van der Waals surface area contributed by atoms with Crippen LogP contribution in [0.1, 0.15) is 6.92 Å². The van der Waals surface area contributed by atoms with Crippen molar-refractivity contribution in [3.8, 4) is 23.1 Å². The normalized spacial score (nSPS) is 13.4. The second kappa shape index (κ2) is 7.20. The first-order valence-electron chi connectivity index (χ1n) is 8.13. The molecule has 4 rings (SSSR count). The lowest BCUT2D eigenvalue weighted by molar-refractivity contribution is -0.705. The number of hydrogen-bond donors (Lipinski definition) is 1. The Kier molecular flexibility index (Phi) is 4.59. The van der Waals surface area contributed by atoms with Gasteiger partial charge in [0.2, 0.25) is 18.4 Å². The largest absolute Gasteiger partial charge is 0.538 e. The van der Waals surface area contributed by atoms with Gasteiger partial charge in [0.15, 0.2) is 17.4 Å². The second-order valence-electron chi connectivity index (χ2n) is 5.73. The summed E-state index contributed by atoms with van der Waals surface area (Å²) in [5, 5.41) is 18.3. The number of anilines is 1. The molecule has 0 spiro atoms. The van der Waals surface area contributed by atoms with Crippen LogP contribution in [0.5, 0.6) is 17.4 Å². The Morgan fingerprint density at radius 1 is 1.22 bits per heavy atom. The summed E-state index contributed by atoms with van der Waals surface area (Å²) in [5.74, 6) is 0.362. The van der Waals surface area contributed by atoms with Gasteiger partial charge in [-0.1, -0.05) is 18.2 Å². The average Bonchev–Trinajstić information content (AvgIpc) is 3.29. The highest BCUT2D eigenvalue weighted by atomic mass is 32.2. The second-order valence-corrected chi connectivity index (χ2v) is 7.06. The number of thioether (sulfide) groups is 1. The van der Waals surface area contributed by atoms with Crippen LogP contribution in [0.15, 0.2) is 58.1 Å². The number of amides is 1. The topological polar surface area (TPSA) is 101 Å². The Morgan fingerprint density at radius 2 is 2.00 bits per heavy atom. The zero-order valence-corrected chi connectivity index (χ0v) is 15.1. The standard InChI is InChI=1S/C18H15N3O5S/c1-11(16(22)19-12-7-8-14-15(9-12)25-10-24-14)27-17-18(23)26-20-21(17)13-5-3-2-4-6-13/h2-9,11H,10H2,1H3,(H-,19,20,22,23). The van der Waals surface area contributed by atoms with Crippen molar-refractivity contribution >= 4 is 23.4 Å². The molecule has 0 fully saturated rings. The number of carbonyl (C=O) groups is 1. The van der Waals surface area contributed by atoms with Crippen molar-refractivity contribution in [2.24, 2.45) is 0 Å². The highest BCUT2D eigenvalue weighted by Crippen LogP contribution is 2.34. The summed E-state index contributed by atoms with van der Waals surface area (Å²) in [6, 6.07) is 14.3. The first-order chi connectivity index (χ1) is 13.1. The third kappa shape index (κ3) is 3.54. The lowest BCUT2D eigenvalue weighted by atomic mass is 10.2. The minimum absolute atomic E-state index is 0.165. The average molecular weight is 385 g/mol. The number of fused-ring (bicyclic) bond motifs is 1. The van der Waals surface area contributed by atoms with Crippen LogP contribution in [0, 0.1) is 0 Å². The maximum Gasteiger partial charge on any atom is 0.298 e. The quantitative estimate of drug-likeness (QED) is 0.529. The van der Waals surface area contributed by atoms with Crippen LogP contribution in [0.2, 0.25) is 0 Å². The molecule has 1 unspecified atom stereocenters. The Morgan fingerprint density at radius 3 is 2.81 bits per heavy atom. The van der Waals surface area contributed by atoms with Crippen molar-refractivity contribution in [3.63, 3.8) is 0 Å². The molecule has 1 atom stereocenters. The van der Waals surface area contributed by atoms with E-state index in [0.29, 0.717) is 22.9 Å². The molecule has 0 radical (unpaired) electrons. The minimum Gasteiger partial charge on any atom is -0.538 e. The summed E-state index contributed by atoms with van der Waals surface area (Å²) in [7, 11) is 0. The number of nitrogens with zero attached hydrogens (tertiary/aromatic N) is 2. The van der Waals surface area contributed by atoms with Gasteiger partial charge in [0.05, 0.1) is 10.5 Å². The van der Waals surface area contributed by atoms with Gasteiger partial charge < -0.3 is 24.4 Å². The number of nitrogens with one attached hydrogen (secondary N) is 1. The molecular formula is C18H15N3O5S. The number of aromatic nitrogens is 2. The maximum atomic E-state index is 12.5. The molecule has 8 nitrogen and oxygen atoms in total. The van der Waals surface area contributed by atoms with E-state index in [0.717, 1.165) is 11.8 Å². The van der Waals surface area contributed by atoms with E-state index in [1.807, 2.05) is 18.2 Å². The molecule has 3 aromatic rings. The molecule has 1 N–H and O–H groups in total. The lowest BCUT2D eigenvalue weighted by Crippen LogP contribution is -2.36. The smallest absolute Gasteiger partial charge is 0.298 e. The van der Waals surface area contributed by atoms with Crippen LogP contribution in [-0.4, -0.2) is 23.2 Å². The van der Waals surface area contributed by atoms with Crippen molar-refractivity contribution in [1.82, 2.24) is 5.27 Å². The SMILES string of the molecule is CC(Sc1c([O-])on[n+]1-c1ccccc1)C(=O)Nc1ccc2c(c1)OCO2. The summed E-state index contributed by atoms with van der Waals surface area (Å²) >= 11 is 1.08. The van der Waals surface area contributed by atoms with Gasteiger partial charge in [0.25, 0.3) is 5.03 Å². The Labute approximate surface area is 158 Å². The predicted octanol–water partition coefficient (Wildman–Crippen LogP) is 1.87. The van der Waals surface area contributed by atoms with Crippen LogP contribution in [-0.2, 0) is 4.79 Å². The zero-order valence-electron chi connectivity index (χ0n) is 14.2. The first-order valence-corrected chi connectivity index (χ1v) is 9.01. The zero-order chi connectivity index (χ0) is 18.8. The van der Waals surface area contributed by atoms with Gasteiger partial charge in [0, 0.05) is 23.9 Å². The molecule has 0 aliphatic carbocycles. The molecule has 9 heteroatoms. The van der Waals surface area contributed by atoms with Gasteiger partial charge in [-0.2, -0.15) is 0 Å². The van der Waals surface area contributed by atoms with Gasteiger partial charge >= 0.3 is 0 Å². The molecule has 0 bridgehead atoms. The highest BCUT2D eigenvalue weighted by molar-refractivity contribution is 8.00. The molecule has 0 saturated carbocycles. The number of para-hydroxylation sites is 1. The molecule has 2 aromatic carbocycles. The number of hydrogen-bond acceptors (Lipinski definition) is 7.